The van der Waals surface area contributed by atoms with E-state index in [1.54, 1.807) is 4.90 Å². The number of carbonyl (C=O) groups is 2. The molecular weight excluding hydrogens is 268 g/mol. The number of benzene rings is 1. The summed E-state index contributed by atoms with van der Waals surface area (Å²) in [5.41, 5.74) is 13.2. The van der Waals surface area contributed by atoms with Crippen molar-refractivity contribution in [3.8, 4) is 0 Å². The molecule has 1 atom stereocenters. The molecule has 1 aromatic carbocycles. The zero-order chi connectivity index (χ0) is 15.4. The minimum atomic E-state index is -0.826. The Morgan fingerprint density at radius 1 is 1.19 bits per heavy atom. The maximum Gasteiger partial charge on any atom is 0.240 e. The minimum absolute atomic E-state index is 0.100. The first-order valence-corrected chi connectivity index (χ1v) is 7.12. The SMILES string of the molecule is Cc1ccccc1N1CCN(C(=O)C(N)CC(N)=O)CC1. The Labute approximate surface area is 124 Å². The normalized spacial score (nSPS) is 16.7. The molecule has 4 N–H and O–H groups in total. The summed E-state index contributed by atoms with van der Waals surface area (Å²) in [7, 11) is 0. The van der Waals surface area contributed by atoms with Crippen LogP contribution in [0.2, 0.25) is 0 Å². The van der Waals surface area contributed by atoms with Gasteiger partial charge in [-0.05, 0) is 18.6 Å². The third-order valence-electron chi connectivity index (χ3n) is 3.79. The van der Waals surface area contributed by atoms with E-state index in [4.69, 9.17) is 11.5 Å². The summed E-state index contributed by atoms with van der Waals surface area (Å²) in [5.74, 6) is -0.743. The molecule has 0 spiro atoms. The number of rotatable bonds is 4. The zero-order valence-corrected chi connectivity index (χ0v) is 12.3. The van der Waals surface area contributed by atoms with Gasteiger partial charge in [-0.3, -0.25) is 9.59 Å². The molecular formula is C15H22N4O2. The molecule has 0 saturated carbocycles. The lowest BCUT2D eigenvalue weighted by atomic mass is 10.1. The quantitative estimate of drug-likeness (QED) is 0.806. The van der Waals surface area contributed by atoms with Gasteiger partial charge in [0.25, 0.3) is 0 Å². The van der Waals surface area contributed by atoms with Crippen molar-refractivity contribution >= 4 is 17.5 Å². The molecule has 1 heterocycles. The van der Waals surface area contributed by atoms with Crippen LogP contribution < -0.4 is 16.4 Å². The van der Waals surface area contributed by atoms with Gasteiger partial charge in [0.2, 0.25) is 11.8 Å². The highest BCUT2D eigenvalue weighted by Crippen LogP contribution is 2.20. The lowest BCUT2D eigenvalue weighted by Crippen LogP contribution is -2.54. The number of nitrogens with zero attached hydrogens (tertiary/aromatic N) is 2. The first kappa shape index (κ1) is 15.3. The van der Waals surface area contributed by atoms with E-state index in [9.17, 15) is 9.59 Å². The second-order valence-corrected chi connectivity index (χ2v) is 5.38. The summed E-state index contributed by atoms with van der Waals surface area (Å²) in [6.07, 6.45) is -0.100. The number of amides is 2. The van der Waals surface area contributed by atoms with Crippen molar-refractivity contribution in [1.82, 2.24) is 4.90 Å². The average molecular weight is 290 g/mol. The van der Waals surface area contributed by atoms with Crippen LogP contribution in [-0.4, -0.2) is 48.9 Å². The number of hydrogen-bond acceptors (Lipinski definition) is 4. The smallest absolute Gasteiger partial charge is 0.240 e. The topological polar surface area (TPSA) is 92.7 Å². The molecule has 6 nitrogen and oxygen atoms in total. The summed E-state index contributed by atoms with van der Waals surface area (Å²) in [6.45, 7) is 4.83. The maximum absolute atomic E-state index is 12.1. The van der Waals surface area contributed by atoms with Crippen LogP contribution in [0.25, 0.3) is 0 Å². The summed E-state index contributed by atoms with van der Waals surface area (Å²) < 4.78 is 0. The number of hydrogen-bond donors (Lipinski definition) is 2. The van der Waals surface area contributed by atoms with Gasteiger partial charge in [0.15, 0.2) is 0 Å². The number of aryl methyl sites for hydroxylation is 1. The molecule has 0 radical (unpaired) electrons. The molecule has 0 aliphatic carbocycles. The maximum atomic E-state index is 12.1. The van der Waals surface area contributed by atoms with Gasteiger partial charge in [0, 0.05) is 31.9 Å². The van der Waals surface area contributed by atoms with Crippen molar-refractivity contribution in [3.63, 3.8) is 0 Å². The first-order chi connectivity index (χ1) is 9.99. The number of nitrogens with two attached hydrogens (primary N) is 2. The number of piperazine rings is 1. The van der Waals surface area contributed by atoms with Crippen molar-refractivity contribution in [3.05, 3.63) is 29.8 Å². The highest BCUT2D eigenvalue weighted by molar-refractivity contribution is 5.87. The van der Waals surface area contributed by atoms with E-state index in [-0.39, 0.29) is 12.3 Å². The molecule has 21 heavy (non-hydrogen) atoms. The monoisotopic (exact) mass is 290 g/mol. The van der Waals surface area contributed by atoms with Crippen molar-refractivity contribution in [2.24, 2.45) is 11.5 Å². The zero-order valence-electron chi connectivity index (χ0n) is 12.3. The summed E-state index contributed by atoms with van der Waals surface area (Å²) in [6, 6.07) is 7.37. The van der Waals surface area contributed by atoms with Gasteiger partial charge in [0.1, 0.15) is 0 Å². The predicted octanol–water partition coefficient (Wildman–Crippen LogP) is -0.154. The van der Waals surface area contributed by atoms with Crippen LogP contribution >= 0.6 is 0 Å². The van der Waals surface area contributed by atoms with Gasteiger partial charge in [-0.15, -0.1) is 0 Å². The molecule has 114 valence electrons. The number of carbonyl (C=O) groups excluding carboxylic acids is 2. The van der Waals surface area contributed by atoms with Gasteiger partial charge >= 0.3 is 0 Å². The van der Waals surface area contributed by atoms with E-state index in [0.29, 0.717) is 13.1 Å². The van der Waals surface area contributed by atoms with E-state index < -0.39 is 11.9 Å². The third kappa shape index (κ3) is 3.72. The molecule has 1 unspecified atom stereocenters. The summed E-state index contributed by atoms with van der Waals surface area (Å²) >= 11 is 0. The van der Waals surface area contributed by atoms with Gasteiger partial charge in [-0.1, -0.05) is 18.2 Å². The van der Waals surface area contributed by atoms with Crippen molar-refractivity contribution < 1.29 is 9.59 Å². The highest BCUT2D eigenvalue weighted by atomic mass is 16.2. The Morgan fingerprint density at radius 3 is 2.38 bits per heavy atom. The number of anilines is 1. The number of primary amides is 1. The fraction of sp³-hybridized carbons (Fsp3) is 0.467. The van der Waals surface area contributed by atoms with Gasteiger partial charge in [-0.2, -0.15) is 0 Å². The van der Waals surface area contributed by atoms with Crippen molar-refractivity contribution in [2.75, 3.05) is 31.1 Å². The fourth-order valence-electron chi connectivity index (χ4n) is 2.62. The predicted molar refractivity (Wildman–Crippen MR) is 81.8 cm³/mol. The van der Waals surface area contributed by atoms with Crippen LogP contribution in [0.15, 0.2) is 24.3 Å². The molecule has 0 bridgehead atoms. The largest absolute Gasteiger partial charge is 0.370 e. The Kier molecular flexibility index (Phi) is 4.80. The second-order valence-electron chi connectivity index (χ2n) is 5.38. The van der Waals surface area contributed by atoms with Crippen LogP contribution in [0.1, 0.15) is 12.0 Å². The molecule has 2 rings (SSSR count). The third-order valence-corrected chi connectivity index (χ3v) is 3.79. The molecule has 6 heteroatoms. The van der Waals surface area contributed by atoms with Crippen LogP contribution in [0.3, 0.4) is 0 Å². The van der Waals surface area contributed by atoms with Crippen LogP contribution in [-0.2, 0) is 9.59 Å². The molecule has 2 amide bonds. The van der Waals surface area contributed by atoms with Crippen LogP contribution in [0.5, 0.6) is 0 Å². The highest BCUT2D eigenvalue weighted by Gasteiger charge is 2.26. The van der Waals surface area contributed by atoms with E-state index in [1.165, 1.54) is 11.3 Å². The first-order valence-electron chi connectivity index (χ1n) is 7.12. The van der Waals surface area contributed by atoms with E-state index in [0.717, 1.165) is 13.1 Å². The minimum Gasteiger partial charge on any atom is -0.370 e. The number of para-hydroxylation sites is 1. The summed E-state index contributed by atoms with van der Waals surface area (Å²) in [5, 5.41) is 0. The van der Waals surface area contributed by atoms with E-state index >= 15 is 0 Å². The average Bonchev–Trinajstić information content (AvgIpc) is 2.46. The Balaban J connectivity index is 1.93. The fourth-order valence-corrected chi connectivity index (χ4v) is 2.62. The molecule has 1 aliphatic heterocycles. The Bertz CT molecular complexity index is 524. The van der Waals surface area contributed by atoms with Crippen LogP contribution in [0.4, 0.5) is 5.69 Å². The molecule has 0 aromatic heterocycles. The van der Waals surface area contributed by atoms with E-state index in [2.05, 4.69) is 24.0 Å². The molecule has 1 fully saturated rings. The van der Waals surface area contributed by atoms with Crippen LogP contribution in [0, 0.1) is 6.92 Å². The van der Waals surface area contributed by atoms with Gasteiger partial charge in [-0.25, -0.2) is 0 Å². The van der Waals surface area contributed by atoms with Crippen molar-refractivity contribution in [2.45, 2.75) is 19.4 Å². The molecule has 1 saturated heterocycles. The van der Waals surface area contributed by atoms with Gasteiger partial charge in [0.05, 0.1) is 12.5 Å². The van der Waals surface area contributed by atoms with Crippen molar-refractivity contribution in [1.29, 1.82) is 0 Å². The molecule has 1 aromatic rings. The summed E-state index contributed by atoms with van der Waals surface area (Å²) in [4.78, 5) is 26.9. The second kappa shape index (κ2) is 6.58. The Hall–Kier alpha value is -2.08. The van der Waals surface area contributed by atoms with E-state index in [1.807, 2.05) is 12.1 Å². The Morgan fingerprint density at radius 2 is 1.81 bits per heavy atom. The lowest BCUT2D eigenvalue weighted by Gasteiger charge is -2.37. The standard InChI is InChI=1S/C15H22N4O2/c1-11-4-2-3-5-13(11)18-6-8-19(9-7-18)15(21)12(16)10-14(17)20/h2-5,12H,6-10,16H2,1H3,(H2,17,20). The van der Waals surface area contributed by atoms with Gasteiger partial charge < -0.3 is 21.3 Å². The molecule has 1 aliphatic rings. The lowest BCUT2D eigenvalue weighted by molar-refractivity contribution is -0.134.